The number of carbonyl (C=O) groups is 2. The fraction of sp³-hybridized carbons (Fsp3) is 0.333. The average molecular weight is 251 g/mol. The molecule has 0 unspecified atom stereocenters. The van der Waals surface area contributed by atoms with Crippen LogP contribution in [0.1, 0.15) is 5.56 Å². The minimum absolute atomic E-state index is 0.109. The van der Waals surface area contributed by atoms with E-state index in [4.69, 9.17) is 9.84 Å². The van der Waals surface area contributed by atoms with E-state index in [2.05, 4.69) is 4.74 Å². The van der Waals surface area contributed by atoms with Crippen molar-refractivity contribution in [3.63, 3.8) is 0 Å². The molecule has 6 nitrogen and oxygen atoms in total. The molecule has 0 spiro atoms. The Kier molecular flexibility index (Phi) is 3.47. The van der Waals surface area contributed by atoms with Crippen molar-refractivity contribution in [2.24, 2.45) is 0 Å². The average Bonchev–Trinajstić information content (AvgIpc) is 2.41. The Morgan fingerprint density at radius 1 is 1.56 bits per heavy atom. The molecule has 18 heavy (non-hydrogen) atoms. The van der Waals surface area contributed by atoms with Gasteiger partial charge in [0.2, 0.25) is 0 Å². The monoisotopic (exact) mass is 251 g/mol. The maximum absolute atomic E-state index is 11.7. The third-order valence-electron chi connectivity index (χ3n) is 2.66. The summed E-state index contributed by atoms with van der Waals surface area (Å²) in [4.78, 5) is 24.3. The lowest BCUT2D eigenvalue weighted by molar-refractivity contribution is -0.140. The highest BCUT2D eigenvalue weighted by Crippen LogP contribution is 2.32. The maximum Gasteiger partial charge on any atom is 0.325 e. The van der Waals surface area contributed by atoms with Crippen LogP contribution in [0.4, 0.5) is 5.69 Å². The van der Waals surface area contributed by atoms with Crippen molar-refractivity contribution in [1.29, 1.82) is 0 Å². The smallest absolute Gasteiger partial charge is 0.325 e. The molecule has 0 radical (unpaired) electrons. The summed E-state index contributed by atoms with van der Waals surface area (Å²) in [7, 11) is 1.26. The molecule has 0 aromatic heterocycles. The van der Waals surface area contributed by atoms with Crippen molar-refractivity contribution in [3.05, 3.63) is 23.8 Å². The van der Waals surface area contributed by atoms with Crippen LogP contribution in [0.25, 0.3) is 0 Å². The van der Waals surface area contributed by atoms with Gasteiger partial charge >= 0.3 is 5.97 Å². The standard InChI is InChI=1S/C12H13NO5/c1-17-12(16)5-13-9-4-8(6-14)2-3-10(9)18-7-11(13)15/h2-4,14H,5-7H2,1H3. The van der Waals surface area contributed by atoms with E-state index >= 15 is 0 Å². The number of amides is 1. The molecule has 1 aliphatic heterocycles. The van der Waals surface area contributed by atoms with Gasteiger partial charge in [0.25, 0.3) is 5.91 Å². The molecule has 1 heterocycles. The Morgan fingerprint density at radius 3 is 3.00 bits per heavy atom. The van der Waals surface area contributed by atoms with Crippen LogP contribution in [0.3, 0.4) is 0 Å². The number of benzene rings is 1. The number of ether oxygens (including phenoxy) is 2. The topological polar surface area (TPSA) is 76.1 Å². The second-order valence-corrected chi connectivity index (χ2v) is 3.80. The normalized spacial score (nSPS) is 13.9. The number of rotatable bonds is 3. The van der Waals surface area contributed by atoms with E-state index in [0.717, 1.165) is 0 Å². The van der Waals surface area contributed by atoms with Crippen molar-refractivity contribution in [3.8, 4) is 5.75 Å². The minimum Gasteiger partial charge on any atom is -0.482 e. The Balaban J connectivity index is 2.35. The minimum atomic E-state index is -0.509. The number of aliphatic hydroxyl groups excluding tert-OH is 1. The summed E-state index contributed by atoms with van der Waals surface area (Å²) in [5.74, 6) is -0.315. The molecule has 1 aromatic rings. The highest BCUT2D eigenvalue weighted by molar-refractivity contribution is 6.01. The van der Waals surface area contributed by atoms with Crippen molar-refractivity contribution < 1.29 is 24.2 Å². The maximum atomic E-state index is 11.7. The molecule has 0 atom stereocenters. The fourth-order valence-corrected chi connectivity index (χ4v) is 1.71. The number of anilines is 1. The van der Waals surface area contributed by atoms with Crippen LogP contribution in [0.5, 0.6) is 5.75 Å². The molecule has 0 fully saturated rings. The van der Waals surface area contributed by atoms with Gasteiger partial charge in [0, 0.05) is 0 Å². The molecule has 0 aliphatic carbocycles. The van der Waals surface area contributed by atoms with Crippen molar-refractivity contribution in [1.82, 2.24) is 0 Å². The van der Waals surface area contributed by atoms with Gasteiger partial charge in [-0.15, -0.1) is 0 Å². The Morgan fingerprint density at radius 2 is 2.33 bits per heavy atom. The summed E-state index contributed by atoms with van der Waals surface area (Å²) in [6.45, 7) is -0.420. The van der Waals surface area contributed by atoms with Crippen LogP contribution in [0.15, 0.2) is 18.2 Å². The van der Waals surface area contributed by atoms with Gasteiger partial charge in [0.1, 0.15) is 12.3 Å². The first kappa shape index (κ1) is 12.4. The number of esters is 1. The summed E-state index contributed by atoms with van der Waals surface area (Å²) in [5.41, 5.74) is 1.12. The van der Waals surface area contributed by atoms with Gasteiger partial charge in [0.15, 0.2) is 6.61 Å². The number of hydrogen-bond donors (Lipinski definition) is 1. The van der Waals surface area contributed by atoms with Crippen molar-refractivity contribution >= 4 is 17.6 Å². The first-order valence-electron chi connectivity index (χ1n) is 5.39. The van der Waals surface area contributed by atoms with E-state index < -0.39 is 5.97 Å². The summed E-state index contributed by atoms with van der Waals surface area (Å²) in [6, 6.07) is 4.98. The summed E-state index contributed by atoms with van der Waals surface area (Å²) in [5, 5.41) is 9.08. The lowest BCUT2D eigenvalue weighted by atomic mass is 10.1. The highest BCUT2D eigenvalue weighted by atomic mass is 16.5. The van der Waals surface area contributed by atoms with Gasteiger partial charge < -0.3 is 14.6 Å². The Hall–Kier alpha value is -2.08. The summed E-state index contributed by atoms with van der Waals surface area (Å²) >= 11 is 0. The van der Waals surface area contributed by atoms with Crippen LogP contribution in [-0.2, 0) is 20.9 Å². The summed E-state index contributed by atoms with van der Waals surface area (Å²) in [6.07, 6.45) is 0. The molecule has 1 amide bonds. The van der Waals surface area contributed by atoms with Gasteiger partial charge in [-0.25, -0.2) is 0 Å². The van der Waals surface area contributed by atoms with Crippen LogP contribution in [0, 0.1) is 0 Å². The molecule has 2 rings (SSSR count). The molecule has 96 valence electrons. The number of fused-ring (bicyclic) bond motifs is 1. The van der Waals surface area contributed by atoms with Crippen LogP contribution in [-0.4, -0.2) is 37.2 Å². The molecular weight excluding hydrogens is 238 g/mol. The van der Waals surface area contributed by atoms with Gasteiger partial charge in [-0.2, -0.15) is 0 Å². The lowest BCUT2D eigenvalue weighted by Gasteiger charge is -2.28. The van der Waals surface area contributed by atoms with Gasteiger partial charge in [-0.3, -0.25) is 14.5 Å². The van der Waals surface area contributed by atoms with Crippen LogP contribution < -0.4 is 9.64 Å². The first-order valence-corrected chi connectivity index (χ1v) is 5.39. The number of nitrogens with zero attached hydrogens (tertiary/aromatic N) is 1. The van der Waals surface area contributed by atoms with E-state index in [-0.39, 0.29) is 25.7 Å². The second-order valence-electron chi connectivity index (χ2n) is 3.80. The second kappa shape index (κ2) is 5.05. The van der Waals surface area contributed by atoms with Gasteiger partial charge in [0.05, 0.1) is 19.4 Å². The molecule has 0 saturated carbocycles. The largest absolute Gasteiger partial charge is 0.482 e. The Labute approximate surface area is 104 Å². The van der Waals surface area contributed by atoms with Crippen LogP contribution >= 0.6 is 0 Å². The SMILES string of the molecule is COC(=O)CN1C(=O)COc2ccc(CO)cc21. The molecule has 1 aliphatic rings. The molecule has 1 aromatic carbocycles. The zero-order valence-electron chi connectivity index (χ0n) is 9.88. The number of carbonyl (C=O) groups excluding carboxylic acids is 2. The summed E-state index contributed by atoms with van der Waals surface area (Å²) < 4.78 is 9.81. The van der Waals surface area contributed by atoms with Crippen molar-refractivity contribution in [2.75, 3.05) is 25.2 Å². The van der Waals surface area contributed by atoms with E-state index in [1.165, 1.54) is 12.0 Å². The zero-order valence-corrected chi connectivity index (χ0v) is 9.88. The van der Waals surface area contributed by atoms with E-state index in [1.54, 1.807) is 18.2 Å². The number of methoxy groups -OCH3 is 1. The van der Waals surface area contributed by atoms with E-state index in [9.17, 15) is 9.59 Å². The number of hydrogen-bond acceptors (Lipinski definition) is 5. The molecule has 6 heteroatoms. The highest BCUT2D eigenvalue weighted by Gasteiger charge is 2.27. The zero-order chi connectivity index (χ0) is 13.1. The third-order valence-corrected chi connectivity index (χ3v) is 2.66. The third kappa shape index (κ3) is 2.28. The van der Waals surface area contributed by atoms with Crippen LogP contribution in [0.2, 0.25) is 0 Å². The van der Waals surface area contributed by atoms with Gasteiger partial charge in [-0.05, 0) is 17.7 Å². The quantitative estimate of drug-likeness (QED) is 0.770. The fourth-order valence-electron chi connectivity index (χ4n) is 1.71. The Bertz CT molecular complexity index is 485. The molecule has 0 bridgehead atoms. The van der Waals surface area contributed by atoms with E-state index in [1.807, 2.05) is 0 Å². The predicted molar refractivity (Wildman–Crippen MR) is 62.2 cm³/mol. The predicted octanol–water partition coefficient (Wildman–Crippen LogP) is 0.0773. The molecular formula is C12H13NO5. The molecule has 0 saturated heterocycles. The first-order chi connectivity index (χ1) is 8.65. The van der Waals surface area contributed by atoms with Crippen molar-refractivity contribution in [2.45, 2.75) is 6.61 Å². The van der Waals surface area contributed by atoms with E-state index in [0.29, 0.717) is 17.0 Å². The lowest BCUT2D eigenvalue weighted by Crippen LogP contribution is -2.42. The number of aliphatic hydroxyl groups is 1. The molecule has 1 N–H and O–H groups in total. The van der Waals surface area contributed by atoms with Gasteiger partial charge in [-0.1, -0.05) is 6.07 Å².